The number of hydrogen-bond acceptors (Lipinski definition) is 6. The van der Waals surface area contributed by atoms with Gasteiger partial charge in [-0.25, -0.2) is 9.07 Å². The standard InChI is InChI=1S/C19H19FN4O4/c1-12(6-19(3-4-25)7-17(19)27)18(28)23(2)16-10-24(22-15(16)11-26)14-5-13(20)8-21-9-14/h4-5,8-12H,3,6-7H2,1-2H3. The number of anilines is 1. The van der Waals surface area contributed by atoms with Gasteiger partial charge < -0.3 is 9.69 Å². The smallest absolute Gasteiger partial charge is 0.229 e. The van der Waals surface area contributed by atoms with Gasteiger partial charge in [0.15, 0.2) is 6.29 Å². The Bertz CT molecular complexity index is 957. The summed E-state index contributed by atoms with van der Waals surface area (Å²) in [6.07, 6.45) is 5.74. The molecule has 0 aliphatic heterocycles. The molecular weight excluding hydrogens is 367 g/mol. The zero-order chi connectivity index (χ0) is 20.5. The predicted octanol–water partition coefficient (Wildman–Crippen LogP) is 1.76. The molecule has 1 aliphatic carbocycles. The van der Waals surface area contributed by atoms with E-state index in [9.17, 15) is 23.6 Å². The second kappa shape index (κ2) is 7.41. The number of amides is 1. The summed E-state index contributed by atoms with van der Waals surface area (Å²) in [7, 11) is 1.50. The van der Waals surface area contributed by atoms with Crippen LogP contribution in [0.1, 0.15) is 36.7 Å². The van der Waals surface area contributed by atoms with E-state index in [-0.39, 0.29) is 35.9 Å². The second-order valence-corrected chi connectivity index (χ2v) is 7.08. The lowest BCUT2D eigenvalue weighted by molar-refractivity contribution is -0.123. The van der Waals surface area contributed by atoms with Crippen LogP contribution >= 0.6 is 0 Å². The van der Waals surface area contributed by atoms with E-state index in [1.54, 1.807) is 6.92 Å². The van der Waals surface area contributed by atoms with Crippen LogP contribution in [0.3, 0.4) is 0 Å². The number of nitrogens with zero attached hydrogens (tertiary/aromatic N) is 4. The Hall–Kier alpha value is -3.23. The van der Waals surface area contributed by atoms with Crippen molar-refractivity contribution in [3.05, 3.63) is 36.2 Å². The topological polar surface area (TPSA) is 102 Å². The number of carbonyl (C=O) groups is 4. The maximum Gasteiger partial charge on any atom is 0.229 e. The van der Waals surface area contributed by atoms with Gasteiger partial charge in [0.2, 0.25) is 5.91 Å². The lowest BCUT2D eigenvalue weighted by Crippen LogP contribution is -2.33. The van der Waals surface area contributed by atoms with E-state index < -0.39 is 17.2 Å². The minimum absolute atomic E-state index is 0.0115. The monoisotopic (exact) mass is 386 g/mol. The van der Waals surface area contributed by atoms with Gasteiger partial charge in [0, 0.05) is 37.3 Å². The van der Waals surface area contributed by atoms with Crippen molar-refractivity contribution in [1.29, 1.82) is 0 Å². The Morgan fingerprint density at radius 3 is 2.71 bits per heavy atom. The van der Waals surface area contributed by atoms with Crippen molar-refractivity contribution < 1.29 is 23.6 Å². The fraction of sp³-hybridized carbons (Fsp3) is 0.368. The number of halogens is 1. The molecule has 0 saturated heterocycles. The van der Waals surface area contributed by atoms with Gasteiger partial charge >= 0.3 is 0 Å². The van der Waals surface area contributed by atoms with Gasteiger partial charge in [-0.15, -0.1) is 0 Å². The molecule has 0 N–H and O–H groups in total. The molecule has 146 valence electrons. The SMILES string of the molecule is CC(CC1(CC=O)CC1=O)C(=O)N(C)c1cn(-c2cncc(F)c2)nc1C=O. The van der Waals surface area contributed by atoms with Crippen LogP contribution in [0.25, 0.3) is 5.69 Å². The third-order valence-electron chi connectivity index (χ3n) is 5.04. The summed E-state index contributed by atoms with van der Waals surface area (Å²) in [4.78, 5) is 51.8. The maximum atomic E-state index is 13.4. The highest BCUT2D eigenvalue weighted by Gasteiger charge is 2.54. The number of ketones is 1. The Kier molecular flexibility index (Phi) is 5.17. The molecule has 2 heterocycles. The molecule has 8 nitrogen and oxygen atoms in total. The number of aromatic nitrogens is 3. The fourth-order valence-electron chi connectivity index (χ4n) is 3.38. The Morgan fingerprint density at radius 2 is 2.14 bits per heavy atom. The summed E-state index contributed by atoms with van der Waals surface area (Å²) in [5.41, 5.74) is -0.167. The van der Waals surface area contributed by atoms with Gasteiger partial charge in [-0.1, -0.05) is 6.92 Å². The average molecular weight is 386 g/mol. The number of aldehydes is 2. The molecule has 1 fully saturated rings. The lowest BCUT2D eigenvalue weighted by atomic mass is 9.89. The molecule has 0 spiro atoms. The molecule has 0 radical (unpaired) electrons. The van der Waals surface area contributed by atoms with Crippen molar-refractivity contribution in [1.82, 2.24) is 14.8 Å². The highest BCUT2D eigenvalue weighted by atomic mass is 19.1. The van der Waals surface area contributed by atoms with E-state index in [4.69, 9.17) is 0 Å². The van der Waals surface area contributed by atoms with Crippen LogP contribution in [0, 0.1) is 17.2 Å². The lowest BCUT2D eigenvalue weighted by Gasteiger charge is -2.22. The number of pyridine rings is 1. The van der Waals surface area contributed by atoms with Gasteiger partial charge in [-0.3, -0.25) is 19.4 Å². The molecule has 0 bridgehead atoms. The van der Waals surface area contributed by atoms with Crippen molar-refractivity contribution in [3.8, 4) is 5.69 Å². The molecule has 2 unspecified atom stereocenters. The number of carbonyl (C=O) groups excluding carboxylic acids is 4. The maximum absolute atomic E-state index is 13.4. The Labute approximate surface area is 160 Å². The van der Waals surface area contributed by atoms with Crippen molar-refractivity contribution in [2.45, 2.75) is 26.2 Å². The summed E-state index contributed by atoms with van der Waals surface area (Å²) in [6.45, 7) is 1.68. The molecule has 9 heteroatoms. The van der Waals surface area contributed by atoms with Gasteiger partial charge in [0.1, 0.15) is 23.6 Å². The van der Waals surface area contributed by atoms with Crippen LogP contribution in [0.15, 0.2) is 24.7 Å². The first-order valence-electron chi connectivity index (χ1n) is 8.71. The molecule has 2 aromatic heterocycles. The highest BCUT2D eigenvalue weighted by molar-refractivity contribution is 6.04. The largest absolute Gasteiger partial charge is 0.312 e. The van der Waals surface area contributed by atoms with Crippen molar-refractivity contribution >= 4 is 30.0 Å². The van der Waals surface area contributed by atoms with Crippen molar-refractivity contribution in [2.75, 3.05) is 11.9 Å². The summed E-state index contributed by atoms with van der Waals surface area (Å²) in [5, 5.41) is 4.08. The van der Waals surface area contributed by atoms with Gasteiger partial charge in [0.05, 0.1) is 30.0 Å². The van der Waals surface area contributed by atoms with Gasteiger partial charge in [0.25, 0.3) is 0 Å². The summed E-state index contributed by atoms with van der Waals surface area (Å²) < 4.78 is 14.7. The van der Waals surface area contributed by atoms with Crippen molar-refractivity contribution in [3.63, 3.8) is 0 Å². The summed E-state index contributed by atoms with van der Waals surface area (Å²) in [6, 6.07) is 1.20. The first kappa shape index (κ1) is 19.5. The molecule has 1 amide bonds. The van der Waals surface area contributed by atoms with E-state index in [0.29, 0.717) is 24.7 Å². The quantitative estimate of drug-likeness (QED) is 0.641. The molecule has 0 aromatic carbocycles. The molecule has 2 atom stereocenters. The summed E-state index contributed by atoms with van der Waals surface area (Å²) >= 11 is 0. The van der Waals surface area contributed by atoms with Crippen LogP contribution < -0.4 is 4.90 Å². The molecule has 28 heavy (non-hydrogen) atoms. The van der Waals surface area contributed by atoms with E-state index in [1.165, 1.54) is 35.1 Å². The first-order valence-corrected chi connectivity index (χ1v) is 8.71. The van der Waals surface area contributed by atoms with Crippen LogP contribution in [0.2, 0.25) is 0 Å². The summed E-state index contributed by atoms with van der Waals surface area (Å²) in [5.74, 6) is -1.42. The molecule has 3 rings (SSSR count). The van der Waals surface area contributed by atoms with Crippen LogP contribution in [-0.4, -0.2) is 46.1 Å². The molecular formula is C19H19FN4O4. The number of rotatable bonds is 8. The normalized spacial score (nSPS) is 19.2. The van der Waals surface area contributed by atoms with Crippen LogP contribution in [0.5, 0.6) is 0 Å². The van der Waals surface area contributed by atoms with Crippen molar-refractivity contribution in [2.24, 2.45) is 11.3 Å². The van der Waals surface area contributed by atoms with Gasteiger partial charge in [-0.2, -0.15) is 5.10 Å². The third-order valence-corrected chi connectivity index (χ3v) is 5.04. The minimum atomic E-state index is -0.734. The van der Waals surface area contributed by atoms with Gasteiger partial charge in [-0.05, 0) is 6.42 Å². The number of Topliss-reactive ketones (excluding diaryl/α,β-unsaturated/α-hetero) is 1. The first-order chi connectivity index (χ1) is 13.3. The number of hydrogen-bond donors (Lipinski definition) is 0. The molecule has 1 aliphatic rings. The zero-order valence-corrected chi connectivity index (χ0v) is 15.5. The molecule has 2 aromatic rings. The van der Waals surface area contributed by atoms with E-state index in [0.717, 1.165) is 6.20 Å². The fourth-order valence-corrected chi connectivity index (χ4v) is 3.38. The van der Waals surface area contributed by atoms with E-state index in [2.05, 4.69) is 10.1 Å². The Morgan fingerprint density at radius 1 is 1.43 bits per heavy atom. The second-order valence-electron chi connectivity index (χ2n) is 7.08. The Balaban J connectivity index is 1.82. The van der Waals surface area contributed by atoms with E-state index in [1.807, 2.05) is 0 Å². The highest BCUT2D eigenvalue weighted by Crippen LogP contribution is 2.49. The molecule has 1 saturated carbocycles. The minimum Gasteiger partial charge on any atom is -0.312 e. The predicted molar refractivity (Wildman–Crippen MR) is 96.6 cm³/mol. The third kappa shape index (κ3) is 3.60. The van der Waals surface area contributed by atoms with E-state index >= 15 is 0 Å². The van der Waals surface area contributed by atoms with Crippen LogP contribution in [-0.2, 0) is 14.4 Å². The average Bonchev–Trinajstić information content (AvgIpc) is 3.10. The van der Waals surface area contributed by atoms with Crippen LogP contribution in [0.4, 0.5) is 10.1 Å². The zero-order valence-electron chi connectivity index (χ0n) is 15.5.